The number of nitrogens with two attached hydrogens (primary N) is 1. The molecule has 0 spiro atoms. The third-order valence-electron chi connectivity index (χ3n) is 1.08. The van der Waals surface area contributed by atoms with Crippen molar-refractivity contribution in [2.24, 2.45) is 0 Å². The first-order chi connectivity index (χ1) is 5.20. The second-order valence-electron chi connectivity index (χ2n) is 2.16. The number of nitrogen functional groups attached to an aromatic ring is 1. The summed E-state index contributed by atoms with van der Waals surface area (Å²) in [6.07, 6.45) is 0. The van der Waals surface area contributed by atoms with Crippen molar-refractivity contribution in [3.05, 3.63) is 48.7 Å². The summed E-state index contributed by atoms with van der Waals surface area (Å²) in [6.45, 7) is 8.29. The predicted octanol–water partition coefficient (Wildman–Crippen LogP) is 2.53. The minimum absolute atomic E-state index is 0.829. The van der Waals surface area contributed by atoms with Crippen LogP contribution in [0.2, 0.25) is 0 Å². The molecule has 0 saturated heterocycles. The summed E-state index contributed by atoms with van der Waals surface area (Å²) in [5.74, 6) is 0. The van der Waals surface area contributed by atoms with Crippen LogP contribution >= 0.6 is 0 Å². The smallest absolute Gasteiger partial charge is 0.0314 e. The van der Waals surface area contributed by atoms with Gasteiger partial charge in [-0.05, 0) is 19.1 Å². The Hall–Kier alpha value is -1.46. The van der Waals surface area contributed by atoms with Crippen molar-refractivity contribution < 1.29 is 0 Å². The van der Waals surface area contributed by atoms with E-state index in [4.69, 9.17) is 5.73 Å². The molecule has 0 radical (unpaired) electrons. The molecule has 0 bridgehead atoms. The van der Waals surface area contributed by atoms with Gasteiger partial charge in [0.2, 0.25) is 0 Å². The highest BCUT2D eigenvalue weighted by molar-refractivity contribution is 5.38. The van der Waals surface area contributed by atoms with Gasteiger partial charge in [0.15, 0.2) is 0 Å². The fourth-order valence-corrected chi connectivity index (χ4v) is 0.566. The number of hydrogen-bond donors (Lipinski definition) is 1. The molecule has 2 N–H and O–H groups in total. The molecule has 0 saturated carbocycles. The zero-order valence-corrected chi connectivity index (χ0v) is 6.80. The van der Waals surface area contributed by atoms with E-state index in [1.807, 2.05) is 31.2 Å². The number of aryl methyl sites for hydroxylation is 1. The van der Waals surface area contributed by atoms with Crippen LogP contribution in [0.15, 0.2) is 43.2 Å². The molecule has 1 aromatic carbocycles. The largest absolute Gasteiger partial charge is 0.399 e. The summed E-state index contributed by atoms with van der Waals surface area (Å²) < 4.78 is 0. The molecule has 0 atom stereocenters. The molecule has 0 aliphatic heterocycles. The molecule has 1 nitrogen and oxygen atoms in total. The minimum Gasteiger partial charge on any atom is -0.399 e. The first-order valence-electron chi connectivity index (χ1n) is 3.32. The summed E-state index contributed by atoms with van der Waals surface area (Å²) in [4.78, 5) is 0. The number of anilines is 1. The van der Waals surface area contributed by atoms with Crippen molar-refractivity contribution >= 4 is 5.69 Å². The summed E-state index contributed by atoms with van der Waals surface area (Å²) in [5.41, 5.74) is 9.76. The minimum atomic E-state index is 0.829. The molecule has 0 aliphatic carbocycles. The van der Waals surface area contributed by atoms with Gasteiger partial charge in [0.1, 0.15) is 0 Å². The molecular weight excluding hydrogens is 134 g/mol. The van der Waals surface area contributed by atoms with E-state index in [-0.39, 0.29) is 0 Å². The fraction of sp³-hybridized carbons (Fsp3) is 0.100. The molecule has 0 heterocycles. The van der Waals surface area contributed by atoms with Gasteiger partial charge in [-0.15, -0.1) is 5.73 Å². The van der Waals surface area contributed by atoms with Crippen molar-refractivity contribution in [1.29, 1.82) is 0 Å². The summed E-state index contributed by atoms with van der Waals surface area (Å²) in [6, 6.07) is 7.79. The molecule has 0 fully saturated rings. The van der Waals surface area contributed by atoms with Gasteiger partial charge in [0.05, 0.1) is 0 Å². The molecule has 1 aromatic rings. The topological polar surface area (TPSA) is 26.0 Å². The third-order valence-corrected chi connectivity index (χ3v) is 1.08. The van der Waals surface area contributed by atoms with Gasteiger partial charge in [-0.1, -0.05) is 30.9 Å². The average Bonchev–Trinajstić information content (AvgIpc) is 1.97. The van der Waals surface area contributed by atoms with E-state index >= 15 is 0 Å². The molecule has 0 unspecified atom stereocenters. The average molecular weight is 147 g/mol. The highest BCUT2D eigenvalue weighted by Gasteiger charge is 1.80. The second kappa shape index (κ2) is 5.33. The van der Waals surface area contributed by atoms with Gasteiger partial charge >= 0.3 is 0 Å². The molecule has 1 heteroatoms. The Morgan fingerprint density at radius 2 is 1.55 bits per heavy atom. The Labute approximate surface area is 67.9 Å². The lowest BCUT2D eigenvalue weighted by atomic mass is 10.2. The van der Waals surface area contributed by atoms with E-state index in [0.29, 0.717) is 0 Å². The highest BCUT2D eigenvalue weighted by Crippen LogP contribution is 2.02. The first kappa shape index (κ1) is 9.54. The predicted molar refractivity (Wildman–Crippen MR) is 50.4 cm³/mol. The van der Waals surface area contributed by atoms with Crippen LogP contribution < -0.4 is 5.73 Å². The Balaban J connectivity index is 0.000000292. The zero-order chi connectivity index (χ0) is 8.69. The molecule has 0 aliphatic rings. The third kappa shape index (κ3) is 5.01. The highest BCUT2D eigenvalue weighted by atomic mass is 14.5. The Bertz CT molecular complexity index is 207. The van der Waals surface area contributed by atoms with E-state index in [9.17, 15) is 0 Å². The van der Waals surface area contributed by atoms with Crippen LogP contribution in [0.25, 0.3) is 0 Å². The van der Waals surface area contributed by atoms with E-state index in [1.165, 1.54) is 5.56 Å². The van der Waals surface area contributed by atoms with E-state index in [2.05, 4.69) is 18.9 Å². The van der Waals surface area contributed by atoms with Crippen molar-refractivity contribution in [2.45, 2.75) is 6.92 Å². The van der Waals surface area contributed by atoms with Crippen molar-refractivity contribution in [2.75, 3.05) is 5.73 Å². The molecular formula is C10H13N. The standard InChI is InChI=1S/C7H9N.C3H4/c1-6-2-4-7(8)5-3-6;1-3-2/h2-5H,8H2,1H3;1-2H2. The lowest BCUT2D eigenvalue weighted by Crippen LogP contribution is -1.81. The molecule has 11 heavy (non-hydrogen) atoms. The maximum Gasteiger partial charge on any atom is 0.0314 e. The van der Waals surface area contributed by atoms with Gasteiger partial charge in [-0.2, -0.15) is 0 Å². The van der Waals surface area contributed by atoms with Crippen LogP contribution in [0, 0.1) is 6.92 Å². The SMILES string of the molecule is C=C=C.Cc1ccc(N)cc1. The Kier molecular flexibility index (Phi) is 4.63. The van der Waals surface area contributed by atoms with Crippen LogP contribution in [0.3, 0.4) is 0 Å². The summed E-state index contributed by atoms with van der Waals surface area (Å²) in [7, 11) is 0. The molecule has 0 amide bonds. The van der Waals surface area contributed by atoms with E-state index in [1.54, 1.807) is 0 Å². The zero-order valence-electron chi connectivity index (χ0n) is 6.80. The van der Waals surface area contributed by atoms with Gasteiger partial charge in [0.25, 0.3) is 0 Å². The Morgan fingerprint density at radius 3 is 1.82 bits per heavy atom. The van der Waals surface area contributed by atoms with E-state index in [0.717, 1.165) is 5.69 Å². The normalized spacial score (nSPS) is 7.36. The van der Waals surface area contributed by atoms with Crippen LogP contribution in [0.4, 0.5) is 5.69 Å². The number of benzene rings is 1. The van der Waals surface area contributed by atoms with Gasteiger partial charge < -0.3 is 5.73 Å². The summed E-state index contributed by atoms with van der Waals surface area (Å²) >= 11 is 0. The number of rotatable bonds is 0. The van der Waals surface area contributed by atoms with Gasteiger partial charge in [-0.25, -0.2) is 0 Å². The van der Waals surface area contributed by atoms with Gasteiger partial charge in [0, 0.05) is 5.69 Å². The van der Waals surface area contributed by atoms with Crippen LogP contribution in [0.5, 0.6) is 0 Å². The van der Waals surface area contributed by atoms with Crippen molar-refractivity contribution in [3.63, 3.8) is 0 Å². The quantitative estimate of drug-likeness (QED) is 0.443. The van der Waals surface area contributed by atoms with E-state index < -0.39 is 0 Å². The van der Waals surface area contributed by atoms with Gasteiger partial charge in [-0.3, -0.25) is 0 Å². The molecule has 1 rings (SSSR count). The first-order valence-corrected chi connectivity index (χ1v) is 3.32. The van der Waals surface area contributed by atoms with Crippen molar-refractivity contribution in [3.8, 4) is 0 Å². The maximum absolute atomic E-state index is 5.43. The van der Waals surface area contributed by atoms with Crippen molar-refractivity contribution in [1.82, 2.24) is 0 Å². The summed E-state index contributed by atoms with van der Waals surface area (Å²) in [5, 5.41) is 0. The number of hydrogen-bond acceptors (Lipinski definition) is 1. The molecule has 0 aromatic heterocycles. The van der Waals surface area contributed by atoms with Crippen LogP contribution in [-0.2, 0) is 0 Å². The lowest BCUT2D eigenvalue weighted by Gasteiger charge is -1.90. The monoisotopic (exact) mass is 147 g/mol. The molecule has 58 valence electrons. The Morgan fingerprint density at radius 1 is 1.18 bits per heavy atom. The van der Waals surface area contributed by atoms with Crippen LogP contribution in [0.1, 0.15) is 5.56 Å². The lowest BCUT2D eigenvalue weighted by molar-refractivity contribution is 1.47. The fourth-order valence-electron chi connectivity index (χ4n) is 0.566. The second-order valence-corrected chi connectivity index (χ2v) is 2.16. The van der Waals surface area contributed by atoms with Crippen LogP contribution in [-0.4, -0.2) is 0 Å². The maximum atomic E-state index is 5.43.